The Morgan fingerprint density at radius 1 is 1.08 bits per heavy atom. The topological polar surface area (TPSA) is 3.24 Å². The molecule has 1 atom stereocenters. The number of thiol groups is 1. The van der Waals surface area contributed by atoms with Gasteiger partial charge in [-0.15, -0.1) is 0 Å². The zero-order valence-electron chi connectivity index (χ0n) is 9.42. The van der Waals surface area contributed by atoms with Crippen LogP contribution >= 0.6 is 12.6 Å². The molecule has 0 fully saturated rings. The van der Waals surface area contributed by atoms with Gasteiger partial charge >= 0.3 is 0 Å². The van der Waals surface area contributed by atoms with E-state index in [-0.39, 0.29) is 0 Å². The van der Waals surface area contributed by atoms with Gasteiger partial charge in [0.1, 0.15) is 0 Å². The standard InChI is InChI=1S/C11H25NS/c1-4-7-8-11(13)9-10-12(5-2)6-3/h11,13H,4-10H2,1-3H3. The minimum Gasteiger partial charge on any atom is -0.304 e. The Balaban J connectivity index is 3.38. The maximum absolute atomic E-state index is 4.59. The van der Waals surface area contributed by atoms with Crippen LogP contribution in [0, 0.1) is 0 Å². The lowest BCUT2D eigenvalue weighted by molar-refractivity contribution is 0.297. The molecule has 0 aliphatic heterocycles. The molecule has 0 aromatic heterocycles. The average molecular weight is 203 g/mol. The molecule has 0 N–H and O–H groups in total. The van der Waals surface area contributed by atoms with Crippen LogP contribution in [0.4, 0.5) is 0 Å². The molecular formula is C11H25NS. The van der Waals surface area contributed by atoms with Crippen LogP contribution in [0.1, 0.15) is 46.5 Å². The molecule has 0 aliphatic rings. The molecule has 1 unspecified atom stereocenters. The fourth-order valence-corrected chi connectivity index (χ4v) is 1.75. The summed E-state index contributed by atoms with van der Waals surface area (Å²) in [5.41, 5.74) is 0. The summed E-state index contributed by atoms with van der Waals surface area (Å²) in [6.45, 7) is 10.2. The number of unbranched alkanes of at least 4 members (excludes halogenated alkanes) is 1. The zero-order valence-corrected chi connectivity index (χ0v) is 10.3. The van der Waals surface area contributed by atoms with Gasteiger partial charge in [-0.3, -0.25) is 0 Å². The van der Waals surface area contributed by atoms with Gasteiger partial charge in [-0.25, -0.2) is 0 Å². The van der Waals surface area contributed by atoms with E-state index in [4.69, 9.17) is 0 Å². The van der Waals surface area contributed by atoms with Crippen molar-refractivity contribution in [2.24, 2.45) is 0 Å². The molecule has 0 aromatic rings. The van der Waals surface area contributed by atoms with Gasteiger partial charge in [0, 0.05) is 5.25 Å². The van der Waals surface area contributed by atoms with Gasteiger partial charge in [0.2, 0.25) is 0 Å². The van der Waals surface area contributed by atoms with Crippen LogP contribution in [0.5, 0.6) is 0 Å². The summed E-state index contributed by atoms with van der Waals surface area (Å²) in [4.78, 5) is 2.47. The maximum atomic E-state index is 4.59. The molecule has 0 amide bonds. The maximum Gasteiger partial charge on any atom is 0.00289 e. The Hall–Kier alpha value is 0.310. The van der Waals surface area contributed by atoms with E-state index < -0.39 is 0 Å². The average Bonchev–Trinajstić information content (AvgIpc) is 2.16. The summed E-state index contributed by atoms with van der Waals surface area (Å²) in [6.07, 6.45) is 5.14. The number of hydrogen-bond acceptors (Lipinski definition) is 2. The van der Waals surface area contributed by atoms with E-state index >= 15 is 0 Å². The Kier molecular flexibility index (Phi) is 9.10. The number of nitrogens with zero attached hydrogens (tertiary/aromatic N) is 1. The van der Waals surface area contributed by atoms with Crippen LogP contribution in [0.3, 0.4) is 0 Å². The van der Waals surface area contributed by atoms with Crippen molar-refractivity contribution in [3.05, 3.63) is 0 Å². The van der Waals surface area contributed by atoms with Gasteiger partial charge in [0.25, 0.3) is 0 Å². The summed E-state index contributed by atoms with van der Waals surface area (Å²) < 4.78 is 0. The largest absolute Gasteiger partial charge is 0.304 e. The van der Waals surface area contributed by atoms with Gasteiger partial charge in [0.15, 0.2) is 0 Å². The van der Waals surface area contributed by atoms with Gasteiger partial charge < -0.3 is 4.90 Å². The van der Waals surface area contributed by atoms with E-state index in [0.29, 0.717) is 5.25 Å². The van der Waals surface area contributed by atoms with Crippen molar-refractivity contribution in [1.82, 2.24) is 4.90 Å². The molecule has 0 aliphatic carbocycles. The lowest BCUT2D eigenvalue weighted by Crippen LogP contribution is -2.25. The summed E-state index contributed by atoms with van der Waals surface area (Å²) in [5, 5.41) is 0.612. The second-order valence-electron chi connectivity index (χ2n) is 3.61. The Morgan fingerprint density at radius 3 is 2.15 bits per heavy atom. The van der Waals surface area contributed by atoms with E-state index in [9.17, 15) is 0 Å². The van der Waals surface area contributed by atoms with Crippen molar-refractivity contribution in [2.45, 2.75) is 51.7 Å². The smallest absolute Gasteiger partial charge is 0.00289 e. The molecule has 0 bridgehead atoms. The van der Waals surface area contributed by atoms with E-state index in [2.05, 4.69) is 38.3 Å². The van der Waals surface area contributed by atoms with Gasteiger partial charge in [-0.1, -0.05) is 33.6 Å². The fourth-order valence-electron chi connectivity index (χ4n) is 1.46. The number of rotatable bonds is 8. The van der Waals surface area contributed by atoms with Crippen molar-refractivity contribution < 1.29 is 0 Å². The summed E-state index contributed by atoms with van der Waals surface area (Å²) in [7, 11) is 0. The summed E-state index contributed by atoms with van der Waals surface area (Å²) in [6, 6.07) is 0. The van der Waals surface area contributed by atoms with Gasteiger partial charge in [-0.05, 0) is 32.5 Å². The highest BCUT2D eigenvalue weighted by atomic mass is 32.1. The first kappa shape index (κ1) is 13.3. The van der Waals surface area contributed by atoms with Crippen LogP contribution < -0.4 is 0 Å². The van der Waals surface area contributed by atoms with Gasteiger partial charge in [-0.2, -0.15) is 12.6 Å². The van der Waals surface area contributed by atoms with Crippen LogP contribution in [-0.2, 0) is 0 Å². The van der Waals surface area contributed by atoms with Gasteiger partial charge in [0.05, 0.1) is 0 Å². The molecule has 0 aromatic carbocycles. The van der Waals surface area contributed by atoms with Crippen molar-refractivity contribution >= 4 is 12.6 Å². The second kappa shape index (κ2) is 8.89. The van der Waals surface area contributed by atoms with Crippen molar-refractivity contribution in [3.63, 3.8) is 0 Å². The molecule has 13 heavy (non-hydrogen) atoms. The molecule has 0 saturated carbocycles. The molecule has 0 radical (unpaired) electrons. The van der Waals surface area contributed by atoms with Crippen molar-refractivity contribution in [2.75, 3.05) is 19.6 Å². The van der Waals surface area contributed by atoms with Crippen LogP contribution in [-0.4, -0.2) is 29.8 Å². The van der Waals surface area contributed by atoms with Crippen molar-refractivity contribution in [3.8, 4) is 0 Å². The van der Waals surface area contributed by atoms with Crippen LogP contribution in [0.25, 0.3) is 0 Å². The Bertz CT molecular complexity index is 102. The monoisotopic (exact) mass is 203 g/mol. The SMILES string of the molecule is CCCCC(S)CCN(CC)CC. The third kappa shape index (κ3) is 7.39. The highest BCUT2D eigenvalue weighted by Crippen LogP contribution is 2.11. The second-order valence-corrected chi connectivity index (χ2v) is 4.34. The normalized spacial score (nSPS) is 13.6. The number of hydrogen-bond donors (Lipinski definition) is 1. The first-order chi connectivity index (χ1) is 6.24. The summed E-state index contributed by atoms with van der Waals surface area (Å²) >= 11 is 4.59. The third-order valence-electron chi connectivity index (χ3n) is 2.56. The van der Waals surface area contributed by atoms with Crippen LogP contribution in [0.2, 0.25) is 0 Å². The van der Waals surface area contributed by atoms with E-state index in [1.165, 1.54) is 45.3 Å². The predicted octanol–water partition coefficient (Wildman–Crippen LogP) is 3.21. The minimum atomic E-state index is 0.612. The Labute approximate surface area is 89.3 Å². The van der Waals surface area contributed by atoms with Crippen molar-refractivity contribution in [1.29, 1.82) is 0 Å². The lowest BCUT2D eigenvalue weighted by Gasteiger charge is -2.19. The Morgan fingerprint density at radius 2 is 1.69 bits per heavy atom. The predicted molar refractivity (Wildman–Crippen MR) is 64.7 cm³/mol. The fraction of sp³-hybridized carbons (Fsp3) is 1.00. The highest BCUT2D eigenvalue weighted by molar-refractivity contribution is 7.80. The quantitative estimate of drug-likeness (QED) is 0.593. The summed E-state index contributed by atoms with van der Waals surface area (Å²) in [5.74, 6) is 0. The van der Waals surface area contributed by atoms with E-state index in [0.717, 1.165) is 0 Å². The molecular weight excluding hydrogens is 178 g/mol. The first-order valence-electron chi connectivity index (χ1n) is 5.64. The molecule has 2 heteroatoms. The first-order valence-corrected chi connectivity index (χ1v) is 6.16. The minimum absolute atomic E-state index is 0.612. The lowest BCUT2D eigenvalue weighted by atomic mass is 10.1. The molecule has 80 valence electrons. The van der Waals surface area contributed by atoms with E-state index in [1.54, 1.807) is 0 Å². The molecule has 0 saturated heterocycles. The highest BCUT2D eigenvalue weighted by Gasteiger charge is 2.04. The molecule has 0 spiro atoms. The zero-order chi connectivity index (χ0) is 10.1. The molecule has 0 rings (SSSR count). The van der Waals surface area contributed by atoms with E-state index in [1.807, 2.05) is 0 Å². The molecule has 0 heterocycles. The third-order valence-corrected chi connectivity index (χ3v) is 3.08. The van der Waals surface area contributed by atoms with Crippen LogP contribution in [0.15, 0.2) is 0 Å². The molecule has 1 nitrogen and oxygen atoms in total.